The van der Waals surface area contributed by atoms with Crippen LogP contribution in [-0.2, 0) is 9.53 Å². The highest BCUT2D eigenvalue weighted by atomic mass is 32.1. The van der Waals surface area contributed by atoms with E-state index in [4.69, 9.17) is 4.74 Å². The van der Waals surface area contributed by atoms with E-state index in [0.29, 0.717) is 0 Å². The number of carboxylic acid groups (broad SMARTS) is 1. The van der Waals surface area contributed by atoms with E-state index < -0.39 is 17.7 Å². The summed E-state index contributed by atoms with van der Waals surface area (Å²) in [5.41, 5.74) is -0.527. The molecule has 1 aliphatic rings. The maximum Gasteiger partial charge on any atom is 0.414 e. The van der Waals surface area contributed by atoms with Crippen LogP contribution in [0.2, 0.25) is 0 Å². The van der Waals surface area contributed by atoms with E-state index >= 15 is 0 Å². The van der Waals surface area contributed by atoms with Gasteiger partial charge < -0.3 is 9.84 Å². The number of aromatic nitrogens is 2. The van der Waals surface area contributed by atoms with Gasteiger partial charge in [0.15, 0.2) is 5.82 Å². The number of anilines is 1. The number of carbonyl (C=O) groups is 2. The van der Waals surface area contributed by atoms with Crippen LogP contribution in [0.5, 0.6) is 0 Å². The predicted molar refractivity (Wildman–Crippen MR) is 92.0 cm³/mol. The Morgan fingerprint density at radius 2 is 1.96 bits per heavy atom. The third-order valence-corrected chi connectivity index (χ3v) is 4.19. The second-order valence-corrected chi connectivity index (χ2v) is 7.59. The number of nitrogens with zero attached hydrogens (tertiary/aromatic N) is 2. The number of hydrogen-bond donors (Lipinski definition) is 2. The minimum Gasteiger partial charge on any atom is -0.478 e. The van der Waals surface area contributed by atoms with Gasteiger partial charge in [-0.05, 0) is 39.5 Å². The van der Waals surface area contributed by atoms with Gasteiger partial charge in [0, 0.05) is 11.5 Å². The minimum absolute atomic E-state index is 0.0930. The Kier molecular flexibility index (Phi) is 5.93. The van der Waals surface area contributed by atoms with Crippen LogP contribution in [0.4, 0.5) is 9.93 Å². The molecule has 1 aromatic rings. The van der Waals surface area contributed by atoms with Gasteiger partial charge >= 0.3 is 12.1 Å². The second kappa shape index (κ2) is 7.74. The van der Waals surface area contributed by atoms with Crippen molar-refractivity contribution in [2.24, 2.45) is 5.92 Å². The standard InChI is InChI=1S/C16H23N3O4S/c1-16(2,3)23-15(22)18-14-17-12(19-24-14)11(13(20)21)9-10-7-5-4-6-8-10/h9-10H,4-8H2,1-3H3,(H,20,21)(H,17,18,19,22)/b11-9-. The van der Waals surface area contributed by atoms with Crippen LogP contribution in [0.15, 0.2) is 6.08 Å². The fourth-order valence-corrected chi connectivity index (χ4v) is 3.12. The molecule has 1 fully saturated rings. The van der Waals surface area contributed by atoms with Crippen molar-refractivity contribution in [1.29, 1.82) is 0 Å². The molecule has 132 valence electrons. The summed E-state index contributed by atoms with van der Waals surface area (Å²) < 4.78 is 9.20. The Bertz CT molecular complexity index is 628. The SMILES string of the molecule is CC(C)(C)OC(=O)Nc1nc(/C(=C/C2CCCCC2)C(=O)O)ns1. The van der Waals surface area contributed by atoms with E-state index in [2.05, 4.69) is 14.7 Å². The quantitative estimate of drug-likeness (QED) is 0.795. The number of carboxylic acids is 1. The Hall–Kier alpha value is -1.96. The third kappa shape index (κ3) is 5.59. The lowest BCUT2D eigenvalue weighted by Crippen LogP contribution is -2.27. The van der Waals surface area contributed by atoms with Gasteiger partial charge in [0.1, 0.15) is 11.2 Å². The number of aliphatic carboxylic acids is 1. The highest BCUT2D eigenvalue weighted by Gasteiger charge is 2.22. The monoisotopic (exact) mass is 353 g/mol. The van der Waals surface area contributed by atoms with Gasteiger partial charge in [0.25, 0.3) is 0 Å². The minimum atomic E-state index is -1.05. The summed E-state index contributed by atoms with van der Waals surface area (Å²) in [7, 11) is 0. The highest BCUT2D eigenvalue weighted by molar-refractivity contribution is 7.10. The first kappa shape index (κ1) is 18.4. The summed E-state index contributed by atoms with van der Waals surface area (Å²) in [6.07, 6.45) is 6.52. The van der Waals surface area contributed by atoms with Crippen LogP contribution >= 0.6 is 11.5 Å². The van der Waals surface area contributed by atoms with Crippen molar-refractivity contribution in [1.82, 2.24) is 9.36 Å². The van der Waals surface area contributed by atoms with E-state index in [-0.39, 0.29) is 22.4 Å². The Labute approximate surface area is 145 Å². The number of nitrogens with one attached hydrogen (secondary N) is 1. The molecule has 2 N–H and O–H groups in total. The van der Waals surface area contributed by atoms with Crippen LogP contribution in [0.25, 0.3) is 5.57 Å². The molecule has 8 heteroatoms. The molecular weight excluding hydrogens is 330 g/mol. The first-order valence-electron chi connectivity index (χ1n) is 8.04. The lowest BCUT2D eigenvalue weighted by molar-refractivity contribution is -0.130. The van der Waals surface area contributed by atoms with Crippen LogP contribution in [0.3, 0.4) is 0 Å². The van der Waals surface area contributed by atoms with Gasteiger partial charge in [-0.3, -0.25) is 5.32 Å². The van der Waals surface area contributed by atoms with Gasteiger partial charge in [-0.1, -0.05) is 25.3 Å². The van der Waals surface area contributed by atoms with E-state index in [1.54, 1.807) is 26.8 Å². The van der Waals surface area contributed by atoms with Crippen LogP contribution in [0.1, 0.15) is 58.7 Å². The maximum absolute atomic E-state index is 11.7. The van der Waals surface area contributed by atoms with Crippen LogP contribution in [-0.4, -0.2) is 32.1 Å². The zero-order valence-electron chi connectivity index (χ0n) is 14.2. The molecule has 24 heavy (non-hydrogen) atoms. The normalized spacial score (nSPS) is 16.7. The topological polar surface area (TPSA) is 101 Å². The van der Waals surface area contributed by atoms with E-state index in [9.17, 15) is 14.7 Å². The van der Waals surface area contributed by atoms with E-state index in [1.165, 1.54) is 6.42 Å². The molecular formula is C16H23N3O4S. The zero-order valence-corrected chi connectivity index (χ0v) is 15.0. The van der Waals surface area contributed by atoms with Crippen LogP contribution in [0, 0.1) is 5.92 Å². The summed E-state index contributed by atoms with van der Waals surface area (Å²) >= 11 is 0.934. The molecule has 2 rings (SSSR count). The van der Waals surface area contributed by atoms with Gasteiger partial charge in [-0.25, -0.2) is 9.59 Å². The molecule has 0 unspecified atom stereocenters. The van der Waals surface area contributed by atoms with Gasteiger partial charge in [-0.15, -0.1) is 0 Å². The van der Waals surface area contributed by atoms with Crippen molar-refractivity contribution in [2.75, 3.05) is 5.32 Å². The number of carbonyl (C=O) groups excluding carboxylic acids is 1. The van der Waals surface area contributed by atoms with Gasteiger partial charge in [0.2, 0.25) is 5.13 Å². The summed E-state index contributed by atoms with van der Waals surface area (Å²) in [5, 5.41) is 12.1. The Balaban J connectivity index is 2.09. The molecule has 1 aromatic heterocycles. The van der Waals surface area contributed by atoms with Crippen LogP contribution < -0.4 is 5.32 Å². The lowest BCUT2D eigenvalue weighted by atomic mass is 9.88. The van der Waals surface area contributed by atoms with Crippen molar-refractivity contribution < 1.29 is 19.4 Å². The van der Waals surface area contributed by atoms with Crippen molar-refractivity contribution in [3.8, 4) is 0 Å². The molecule has 0 spiro atoms. The molecule has 0 atom stereocenters. The largest absolute Gasteiger partial charge is 0.478 e. The van der Waals surface area contributed by atoms with Crippen molar-refractivity contribution >= 4 is 34.3 Å². The molecule has 1 amide bonds. The fraction of sp³-hybridized carbons (Fsp3) is 0.625. The smallest absolute Gasteiger partial charge is 0.414 e. The highest BCUT2D eigenvalue weighted by Crippen LogP contribution is 2.28. The molecule has 1 heterocycles. The van der Waals surface area contributed by atoms with Crippen molar-refractivity contribution in [3.05, 3.63) is 11.9 Å². The predicted octanol–water partition coefficient (Wildman–Crippen LogP) is 3.93. The molecule has 0 bridgehead atoms. The number of allylic oxidation sites excluding steroid dienone is 1. The van der Waals surface area contributed by atoms with E-state index in [1.807, 2.05) is 0 Å². The molecule has 1 saturated carbocycles. The summed E-state index contributed by atoms with van der Waals surface area (Å²) in [5.74, 6) is -0.679. The number of amides is 1. The molecule has 1 aliphatic carbocycles. The van der Waals surface area contributed by atoms with Gasteiger partial charge in [-0.2, -0.15) is 9.36 Å². The number of hydrogen-bond acceptors (Lipinski definition) is 6. The first-order chi connectivity index (χ1) is 11.2. The van der Waals surface area contributed by atoms with Crippen molar-refractivity contribution in [2.45, 2.75) is 58.5 Å². The average Bonchev–Trinajstić information content (AvgIpc) is 2.91. The molecule has 0 radical (unpaired) electrons. The Morgan fingerprint density at radius 3 is 2.54 bits per heavy atom. The second-order valence-electron chi connectivity index (χ2n) is 6.83. The molecule has 0 saturated heterocycles. The molecule has 7 nitrogen and oxygen atoms in total. The number of ether oxygens (including phenoxy) is 1. The summed E-state index contributed by atoms with van der Waals surface area (Å²) in [4.78, 5) is 27.4. The molecule has 0 aliphatic heterocycles. The third-order valence-electron chi connectivity index (χ3n) is 3.56. The molecule has 0 aromatic carbocycles. The first-order valence-corrected chi connectivity index (χ1v) is 8.81. The number of rotatable bonds is 4. The fourth-order valence-electron chi connectivity index (χ4n) is 2.55. The van der Waals surface area contributed by atoms with Gasteiger partial charge in [0.05, 0.1) is 0 Å². The van der Waals surface area contributed by atoms with E-state index in [0.717, 1.165) is 37.2 Å². The average molecular weight is 353 g/mol. The van der Waals surface area contributed by atoms with Crippen molar-refractivity contribution in [3.63, 3.8) is 0 Å². The summed E-state index contributed by atoms with van der Waals surface area (Å²) in [6, 6.07) is 0. The summed E-state index contributed by atoms with van der Waals surface area (Å²) in [6.45, 7) is 5.27. The lowest BCUT2D eigenvalue weighted by Gasteiger charge is -2.18. The maximum atomic E-state index is 11.7. The Morgan fingerprint density at radius 1 is 1.29 bits per heavy atom. The zero-order chi connectivity index (χ0) is 17.7.